The van der Waals surface area contributed by atoms with E-state index in [-0.39, 0.29) is 12.8 Å². The molecule has 0 spiro atoms. The van der Waals surface area contributed by atoms with Gasteiger partial charge in [-0.15, -0.1) is 0 Å². The first-order valence-corrected chi connectivity index (χ1v) is 5.67. The maximum Gasteiger partial charge on any atom is 0.0589 e. The van der Waals surface area contributed by atoms with Gasteiger partial charge >= 0.3 is 0 Å². The van der Waals surface area contributed by atoms with Crippen molar-refractivity contribution in [3.63, 3.8) is 0 Å². The number of aliphatic hydroxyl groups is 4. The summed E-state index contributed by atoms with van der Waals surface area (Å²) in [6.45, 7) is 3.57. The first-order valence-electron chi connectivity index (χ1n) is 5.67. The van der Waals surface area contributed by atoms with Gasteiger partial charge in [-0.05, 0) is 32.6 Å². The van der Waals surface area contributed by atoms with Crippen LogP contribution in [0.15, 0.2) is 0 Å². The fourth-order valence-electron chi connectivity index (χ4n) is 1.67. The molecule has 0 amide bonds. The third-order valence-electron chi connectivity index (χ3n) is 2.32. The van der Waals surface area contributed by atoms with E-state index >= 15 is 0 Å². The SMILES string of the molecule is CCCC(O)CC(O)CC(O)CC(C)O. The van der Waals surface area contributed by atoms with Crippen molar-refractivity contribution in [1.82, 2.24) is 0 Å². The Morgan fingerprint density at radius 2 is 1.27 bits per heavy atom. The molecule has 0 aromatic carbocycles. The molecule has 0 aromatic rings. The van der Waals surface area contributed by atoms with Gasteiger partial charge in [0.15, 0.2) is 0 Å². The Morgan fingerprint density at radius 3 is 1.73 bits per heavy atom. The van der Waals surface area contributed by atoms with Crippen molar-refractivity contribution in [2.24, 2.45) is 0 Å². The number of rotatable bonds is 8. The van der Waals surface area contributed by atoms with Crippen molar-refractivity contribution < 1.29 is 20.4 Å². The van der Waals surface area contributed by atoms with Gasteiger partial charge in [-0.3, -0.25) is 0 Å². The lowest BCUT2D eigenvalue weighted by Gasteiger charge is -2.19. The van der Waals surface area contributed by atoms with E-state index in [1.807, 2.05) is 6.92 Å². The number of hydrogen-bond donors (Lipinski definition) is 4. The second-order valence-corrected chi connectivity index (χ2v) is 4.31. The maximum atomic E-state index is 9.53. The van der Waals surface area contributed by atoms with Crippen LogP contribution in [0.1, 0.15) is 46.0 Å². The molecule has 0 saturated heterocycles. The summed E-state index contributed by atoms with van der Waals surface area (Å²) in [5.74, 6) is 0. The van der Waals surface area contributed by atoms with Gasteiger partial charge in [0.05, 0.1) is 24.4 Å². The zero-order chi connectivity index (χ0) is 11.8. The Bertz CT molecular complexity index is 150. The minimum Gasteiger partial charge on any atom is -0.393 e. The quantitative estimate of drug-likeness (QED) is 0.478. The van der Waals surface area contributed by atoms with E-state index in [1.54, 1.807) is 6.92 Å². The van der Waals surface area contributed by atoms with Crippen molar-refractivity contribution in [1.29, 1.82) is 0 Å². The molecule has 4 N–H and O–H groups in total. The topological polar surface area (TPSA) is 80.9 Å². The molecule has 0 saturated carbocycles. The molecule has 0 fully saturated rings. The molecule has 0 heterocycles. The molecule has 4 atom stereocenters. The summed E-state index contributed by atoms with van der Waals surface area (Å²) >= 11 is 0. The summed E-state index contributed by atoms with van der Waals surface area (Å²) < 4.78 is 0. The van der Waals surface area contributed by atoms with Crippen LogP contribution in [0.4, 0.5) is 0 Å². The molecule has 92 valence electrons. The summed E-state index contributed by atoms with van der Waals surface area (Å²) in [6.07, 6.45) is -0.129. The Balaban J connectivity index is 3.67. The van der Waals surface area contributed by atoms with E-state index in [2.05, 4.69) is 0 Å². The molecule has 4 heteroatoms. The first-order chi connectivity index (χ1) is 6.95. The van der Waals surface area contributed by atoms with Crippen LogP contribution in [0.3, 0.4) is 0 Å². The van der Waals surface area contributed by atoms with Crippen molar-refractivity contribution in [3.8, 4) is 0 Å². The van der Waals surface area contributed by atoms with Gasteiger partial charge in [0, 0.05) is 0 Å². The van der Waals surface area contributed by atoms with Crippen molar-refractivity contribution in [3.05, 3.63) is 0 Å². The standard InChI is InChI=1S/C11H24O4/c1-3-4-9(13)6-11(15)7-10(14)5-8(2)12/h8-15H,3-7H2,1-2H3. The van der Waals surface area contributed by atoms with Gasteiger partial charge in [0.2, 0.25) is 0 Å². The Hall–Kier alpha value is -0.160. The van der Waals surface area contributed by atoms with Crippen LogP contribution in [0.25, 0.3) is 0 Å². The Labute approximate surface area is 91.6 Å². The van der Waals surface area contributed by atoms with E-state index < -0.39 is 24.4 Å². The second kappa shape index (κ2) is 8.05. The van der Waals surface area contributed by atoms with E-state index in [4.69, 9.17) is 5.11 Å². The number of hydrogen-bond acceptors (Lipinski definition) is 4. The van der Waals surface area contributed by atoms with Crippen LogP contribution in [0, 0.1) is 0 Å². The van der Waals surface area contributed by atoms with Crippen LogP contribution < -0.4 is 0 Å². The fourth-order valence-corrected chi connectivity index (χ4v) is 1.67. The molecule has 0 aliphatic carbocycles. The highest BCUT2D eigenvalue weighted by molar-refractivity contribution is 4.69. The van der Waals surface area contributed by atoms with Gasteiger partial charge in [0.25, 0.3) is 0 Å². The average molecular weight is 220 g/mol. The lowest BCUT2D eigenvalue weighted by molar-refractivity contribution is 0.0203. The van der Waals surface area contributed by atoms with E-state index in [9.17, 15) is 15.3 Å². The Kier molecular flexibility index (Phi) is 7.96. The third kappa shape index (κ3) is 8.81. The van der Waals surface area contributed by atoms with Crippen LogP contribution in [0.5, 0.6) is 0 Å². The molecular weight excluding hydrogens is 196 g/mol. The average Bonchev–Trinajstić information content (AvgIpc) is 2.00. The molecule has 15 heavy (non-hydrogen) atoms. The van der Waals surface area contributed by atoms with E-state index in [0.717, 1.165) is 6.42 Å². The lowest BCUT2D eigenvalue weighted by atomic mass is 10.0. The van der Waals surface area contributed by atoms with Crippen LogP contribution >= 0.6 is 0 Å². The number of aliphatic hydroxyl groups excluding tert-OH is 4. The molecule has 0 aliphatic rings. The minimum absolute atomic E-state index is 0.214. The van der Waals surface area contributed by atoms with Gasteiger partial charge < -0.3 is 20.4 Å². The van der Waals surface area contributed by atoms with E-state index in [1.165, 1.54) is 0 Å². The monoisotopic (exact) mass is 220 g/mol. The highest BCUT2D eigenvalue weighted by Crippen LogP contribution is 2.12. The van der Waals surface area contributed by atoms with Crippen molar-refractivity contribution >= 4 is 0 Å². The van der Waals surface area contributed by atoms with Crippen LogP contribution in [-0.2, 0) is 0 Å². The normalized spacial score (nSPS) is 19.6. The lowest BCUT2D eigenvalue weighted by Crippen LogP contribution is -2.25. The highest BCUT2D eigenvalue weighted by Gasteiger charge is 2.16. The van der Waals surface area contributed by atoms with Gasteiger partial charge in [-0.1, -0.05) is 13.3 Å². The van der Waals surface area contributed by atoms with Crippen molar-refractivity contribution in [2.75, 3.05) is 0 Å². The van der Waals surface area contributed by atoms with Crippen LogP contribution in [-0.4, -0.2) is 44.8 Å². The zero-order valence-electron chi connectivity index (χ0n) is 9.63. The summed E-state index contributed by atoms with van der Waals surface area (Å²) in [5, 5.41) is 37.4. The predicted molar refractivity (Wildman–Crippen MR) is 58.5 cm³/mol. The maximum absolute atomic E-state index is 9.53. The van der Waals surface area contributed by atoms with Gasteiger partial charge in [-0.2, -0.15) is 0 Å². The van der Waals surface area contributed by atoms with Crippen molar-refractivity contribution in [2.45, 2.75) is 70.4 Å². The summed E-state index contributed by atoms with van der Waals surface area (Å²) in [5.41, 5.74) is 0. The first kappa shape index (κ1) is 14.8. The smallest absolute Gasteiger partial charge is 0.0589 e. The minimum atomic E-state index is -0.700. The molecule has 4 unspecified atom stereocenters. The molecule has 0 aromatic heterocycles. The molecule has 0 rings (SSSR count). The zero-order valence-corrected chi connectivity index (χ0v) is 9.63. The van der Waals surface area contributed by atoms with Crippen LogP contribution in [0.2, 0.25) is 0 Å². The highest BCUT2D eigenvalue weighted by atomic mass is 16.3. The predicted octanol–water partition coefficient (Wildman–Crippen LogP) is 0.420. The molecule has 0 aliphatic heterocycles. The summed E-state index contributed by atoms with van der Waals surface area (Å²) in [6, 6.07) is 0. The molecule has 0 radical (unpaired) electrons. The third-order valence-corrected chi connectivity index (χ3v) is 2.32. The summed E-state index contributed by atoms with van der Waals surface area (Å²) in [7, 11) is 0. The molecule has 0 bridgehead atoms. The van der Waals surface area contributed by atoms with Gasteiger partial charge in [0.1, 0.15) is 0 Å². The molecule has 4 nitrogen and oxygen atoms in total. The summed E-state index contributed by atoms with van der Waals surface area (Å²) in [4.78, 5) is 0. The fraction of sp³-hybridized carbons (Fsp3) is 1.00. The largest absolute Gasteiger partial charge is 0.393 e. The molecular formula is C11H24O4. The van der Waals surface area contributed by atoms with Gasteiger partial charge in [-0.25, -0.2) is 0 Å². The second-order valence-electron chi connectivity index (χ2n) is 4.31. The Morgan fingerprint density at radius 1 is 0.800 bits per heavy atom. The van der Waals surface area contributed by atoms with E-state index in [0.29, 0.717) is 12.8 Å².